The minimum atomic E-state index is -0.0414. The zero-order chi connectivity index (χ0) is 11.8. The van der Waals surface area contributed by atoms with Crippen LogP contribution in [0.3, 0.4) is 0 Å². The van der Waals surface area contributed by atoms with E-state index in [9.17, 15) is 4.79 Å². The van der Waals surface area contributed by atoms with Crippen molar-refractivity contribution in [1.82, 2.24) is 10.2 Å². The fourth-order valence-corrected chi connectivity index (χ4v) is 2.21. The van der Waals surface area contributed by atoms with E-state index in [1.165, 1.54) is 0 Å². The molecule has 0 bridgehead atoms. The first-order chi connectivity index (χ1) is 7.48. The molecule has 1 aliphatic heterocycles. The highest BCUT2D eigenvalue weighted by Gasteiger charge is 2.30. The second-order valence-electron chi connectivity index (χ2n) is 4.64. The molecule has 0 aromatic carbocycles. The molecular weight excluding hydrogens is 272 g/mol. The molecule has 1 saturated heterocycles. The summed E-state index contributed by atoms with van der Waals surface area (Å²) in [6.07, 6.45) is 0. The Kier molecular flexibility index (Phi) is 3.08. The average Bonchev–Trinajstić information content (AvgIpc) is 2.62. The third-order valence-corrected chi connectivity index (χ3v) is 3.07. The van der Waals surface area contributed by atoms with Crippen LogP contribution in [0.15, 0.2) is 21.2 Å². The summed E-state index contributed by atoms with van der Waals surface area (Å²) in [7, 11) is 0. The number of piperazine rings is 1. The molecule has 4 nitrogen and oxygen atoms in total. The molecule has 88 valence electrons. The van der Waals surface area contributed by atoms with Crippen LogP contribution in [-0.2, 0) is 0 Å². The lowest BCUT2D eigenvalue weighted by Crippen LogP contribution is -2.58. The third kappa shape index (κ3) is 2.47. The molecule has 1 aliphatic rings. The lowest BCUT2D eigenvalue weighted by atomic mass is 10.0. The Balaban J connectivity index is 2.10. The Morgan fingerprint density at radius 1 is 1.56 bits per heavy atom. The molecule has 5 heteroatoms. The maximum atomic E-state index is 12.1. The van der Waals surface area contributed by atoms with E-state index in [1.54, 1.807) is 12.1 Å². The van der Waals surface area contributed by atoms with E-state index >= 15 is 0 Å². The van der Waals surface area contributed by atoms with E-state index < -0.39 is 0 Å². The second kappa shape index (κ2) is 4.22. The van der Waals surface area contributed by atoms with Gasteiger partial charge >= 0.3 is 0 Å². The standard InChI is InChI=1S/C11H15BrN2O2/c1-11(2)7-14(6-5-13-11)10(15)8-3-4-9(12)16-8/h3-4,13H,5-7H2,1-2H3. The van der Waals surface area contributed by atoms with Crippen LogP contribution in [0.1, 0.15) is 24.4 Å². The van der Waals surface area contributed by atoms with Crippen molar-refractivity contribution in [3.63, 3.8) is 0 Å². The summed E-state index contributed by atoms with van der Waals surface area (Å²) >= 11 is 3.20. The van der Waals surface area contributed by atoms with Crippen molar-refractivity contribution in [3.05, 3.63) is 22.6 Å². The summed E-state index contributed by atoms with van der Waals surface area (Å²) in [5.74, 6) is 0.352. The normalized spacial score (nSPS) is 19.8. The van der Waals surface area contributed by atoms with Gasteiger partial charge in [-0.15, -0.1) is 0 Å². The zero-order valence-electron chi connectivity index (χ0n) is 9.42. The van der Waals surface area contributed by atoms with Crippen LogP contribution in [0.5, 0.6) is 0 Å². The molecular formula is C11H15BrN2O2. The molecule has 0 unspecified atom stereocenters. The maximum absolute atomic E-state index is 12.1. The molecule has 0 saturated carbocycles. The molecule has 1 fully saturated rings. The highest BCUT2D eigenvalue weighted by Crippen LogP contribution is 2.18. The summed E-state index contributed by atoms with van der Waals surface area (Å²) in [5.41, 5.74) is -0.0300. The van der Waals surface area contributed by atoms with E-state index in [2.05, 4.69) is 35.1 Å². The monoisotopic (exact) mass is 286 g/mol. The van der Waals surface area contributed by atoms with Gasteiger partial charge in [-0.2, -0.15) is 0 Å². The molecule has 1 N–H and O–H groups in total. The number of halogens is 1. The molecule has 1 aromatic rings. The number of nitrogens with zero attached hydrogens (tertiary/aromatic N) is 1. The first-order valence-electron chi connectivity index (χ1n) is 5.28. The van der Waals surface area contributed by atoms with E-state index in [4.69, 9.17) is 4.42 Å². The van der Waals surface area contributed by atoms with Crippen molar-refractivity contribution in [2.45, 2.75) is 19.4 Å². The van der Waals surface area contributed by atoms with Crippen LogP contribution in [0, 0.1) is 0 Å². The molecule has 1 aromatic heterocycles. The molecule has 1 amide bonds. The van der Waals surface area contributed by atoms with Crippen LogP contribution >= 0.6 is 15.9 Å². The fraction of sp³-hybridized carbons (Fsp3) is 0.545. The third-order valence-electron chi connectivity index (χ3n) is 2.64. The topological polar surface area (TPSA) is 45.5 Å². The number of amides is 1. The Labute approximate surface area is 103 Å². The maximum Gasteiger partial charge on any atom is 0.289 e. The minimum Gasteiger partial charge on any atom is -0.444 e. The van der Waals surface area contributed by atoms with E-state index in [1.807, 2.05) is 4.90 Å². The van der Waals surface area contributed by atoms with Crippen molar-refractivity contribution >= 4 is 21.8 Å². The molecule has 2 heterocycles. The summed E-state index contributed by atoms with van der Waals surface area (Å²) < 4.78 is 5.86. The number of rotatable bonds is 1. The van der Waals surface area contributed by atoms with Gasteiger partial charge in [-0.3, -0.25) is 4.79 Å². The molecule has 0 atom stereocenters. The molecule has 0 aliphatic carbocycles. The highest BCUT2D eigenvalue weighted by atomic mass is 79.9. The number of hydrogen-bond donors (Lipinski definition) is 1. The molecule has 0 spiro atoms. The summed E-state index contributed by atoms with van der Waals surface area (Å²) in [6.45, 7) is 6.42. The second-order valence-corrected chi connectivity index (χ2v) is 5.42. The van der Waals surface area contributed by atoms with Gasteiger partial charge in [0.05, 0.1) is 0 Å². The van der Waals surface area contributed by atoms with Gasteiger partial charge in [0.15, 0.2) is 10.4 Å². The Morgan fingerprint density at radius 2 is 2.31 bits per heavy atom. The molecule has 2 rings (SSSR count). The van der Waals surface area contributed by atoms with E-state index in [0.29, 0.717) is 17.0 Å². The van der Waals surface area contributed by atoms with Gasteiger partial charge in [0, 0.05) is 25.2 Å². The van der Waals surface area contributed by atoms with Crippen LogP contribution in [-0.4, -0.2) is 36.0 Å². The molecule has 0 radical (unpaired) electrons. The molecule has 16 heavy (non-hydrogen) atoms. The summed E-state index contributed by atoms with van der Waals surface area (Å²) in [4.78, 5) is 13.9. The van der Waals surface area contributed by atoms with Gasteiger partial charge < -0.3 is 14.6 Å². The Hall–Kier alpha value is -0.810. The van der Waals surface area contributed by atoms with Gasteiger partial charge in [0.1, 0.15) is 0 Å². The smallest absolute Gasteiger partial charge is 0.289 e. The average molecular weight is 287 g/mol. The zero-order valence-corrected chi connectivity index (χ0v) is 11.0. The summed E-state index contributed by atoms with van der Waals surface area (Å²) in [5, 5.41) is 3.37. The Morgan fingerprint density at radius 3 is 2.88 bits per heavy atom. The number of hydrogen-bond acceptors (Lipinski definition) is 3. The Bertz CT molecular complexity index is 400. The van der Waals surface area contributed by atoms with Crippen LogP contribution in [0.25, 0.3) is 0 Å². The van der Waals surface area contributed by atoms with Gasteiger partial charge in [0.25, 0.3) is 5.91 Å². The predicted octanol–water partition coefficient (Wildman–Crippen LogP) is 1.87. The number of carbonyl (C=O) groups excluding carboxylic acids is 1. The van der Waals surface area contributed by atoms with Crippen molar-refractivity contribution in [2.75, 3.05) is 19.6 Å². The van der Waals surface area contributed by atoms with E-state index in [-0.39, 0.29) is 11.4 Å². The predicted molar refractivity (Wildman–Crippen MR) is 64.4 cm³/mol. The number of furan rings is 1. The highest BCUT2D eigenvalue weighted by molar-refractivity contribution is 9.10. The van der Waals surface area contributed by atoms with Gasteiger partial charge in [-0.05, 0) is 41.9 Å². The van der Waals surface area contributed by atoms with Gasteiger partial charge in [-0.25, -0.2) is 0 Å². The fourth-order valence-electron chi connectivity index (χ4n) is 1.90. The number of nitrogens with one attached hydrogen (secondary N) is 1. The lowest BCUT2D eigenvalue weighted by Gasteiger charge is -2.38. The largest absolute Gasteiger partial charge is 0.444 e. The SMILES string of the molecule is CC1(C)CN(C(=O)c2ccc(Br)o2)CCN1. The van der Waals surface area contributed by atoms with Crippen molar-refractivity contribution in [1.29, 1.82) is 0 Å². The van der Waals surface area contributed by atoms with Crippen LogP contribution in [0.2, 0.25) is 0 Å². The van der Waals surface area contributed by atoms with Crippen LogP contribution in [0.4, 0.5) is 0 Å². The van der Waals surface area contributed by atoms with Crippen molar-refractivity contribution < 1.29 is 9.21 Å². The number of carbonyl (C=O) groups is 1. The van der Waals surface area contributed by atoms with Gasteiger partial charge in [0.2, 0.25) is 0 Å². The van der Waals surface area contributed by atoms with Gasteiger partial charge in [-0.1, -0.05) is 0 Å². The van der Waals surface area contributed by atoms with Crippen LogP contribution < -0.4 is 5.32 Å². The first kappa shape index (κ1) is 11.7. The van der Waals surface area contributed by atoms with Crippen molar-refractivity contribution in [2.24, 2.45) is 0 Å². The van der Waals surface area contributed by atoms with Crippen molar-refractivity contribution in [3.8, 4) is 0 Å². The first-order valence-corrected chi connectivity index (χ1v) is 6.07. The lowest BCUT2D eigenvalue weighted by molar-refractivity contribution is 0.0619. The minimum absolute atomic E-state index is 0.0300. The van der Waals surface area contributed by atoms with E-state index in [0.717, 1.165) is 13.1 Å². The summed E-state index contributed by atoms with van der Waals surface area (Å²) in [6, 6.07) is 3.43. The quantitative estimate of drug-likeness (QED) is 0.857.